The number of nitrogens with zero attached hydrogens (tertiary/aromatic N) is 4. The van der Waals surface area contributed by atoms with Crippen LogP contribution in [-0.2, 0) is 10.0 Å². The summed E-state index contributed by atoms with van der Waals surface area (Å²) in [5.74, 6) is 0. The summed E-state index contributed by atoms with van der Waals surface area (Å²) in [6, 6.07) is 24.5. The Kier molecular flexibility index (Phi) is 6.54. The highest BCUT2D eigenvalue weighted by atomic mass is 32.2. The SMILES string of the molecule is N#Cc1c(-c2ccc(N([O-])O)cc2)c(C#N)c(=O)n(NS(=O)(=O)c2ccccc2)c1-c1ccccc1. The Bertz CT molecular complexity index is 1670. The fraction of sp³-hybridized carbons (Fsp3) is 0. The number of hydrogen-bond acceptors (Lipinski definition) is 8. The molecule has 3 aromatic carbocycles. The summed E-state index contributed by atoms with van der Waals surface area (Å²) in [5.41, 5.74) is -1.29. The van der Waals surface area contributed by atoms with Crippen molar-refractivity contribution in [3.8, 4) is 34.5 Å². The van der Waals surface area contributed by atoms with Crippen molar-refractivity contribution in [2.24, 2.45) is 0 Å². The van der Waals surface area contributed by atoms with Crippen LogP contribution in [-0.4, -0.2) is 18.3 Å². The van der Waals surface area contributed by atoms with Crippen LogP contribution in [0.4, 0.5) is 5.69 Å². The summed E-state index contributed by atoms with van der Waals surface area (Å²) in [4.78, 5) is 15.6. The molecule has 0 aliphatic heterocycles. The molecule has 0 radical (unpaired) electrons. The number of pyridine rings is 1. The average Bonchev–Trinajstić information content (AvgIpc) is 2.90. The molecule has 10 nitrogen and oxygen atoms in total. The zero-order valence-corrected chi connectivity index (χ0v) is 19.2. The zero-order chi connectivity index (χ0) is 25.9. The number of anilines is 1. The molecule has 0 fully saturated rings. The third-order valence-corrected chi connectivity index (χ3v) is 6.61. The van der Waals surface area contributed by atoms with E-state index in [9.17, 15) is 28.9 Å². The van der Waals surface area contributed by atoms with Crippen molar-refractivity contribution in [1.82, 2.24) is 4.68 Å². The first-order valence-corrected chi connectivity index (χ1v) is 11.8. The molecule has 4 rings (SSSR count). The van der Waals surface area contributed by atoms with E-state index in [0.29, 0.717) is 10.2 Å². The van der Waals surface area contributed by atoms with Crippen molar-refractivity contribution in [1.29, 1.82) is 10.5 Å². The Balaban J connectivity index is 2.07. The normalized spacial score (nSPS) is 10.8. The quantitative estimate of drug-likeness (QED) is 0.381. The van der Waals surface area contributed by atoms with Crippen molar-refractivity contribution in [2.45, 2.75) is 4.90 Å². The minimum Gasteiger partial charge on any atom is -0.733 e. The lowest BCUT2D eigenvalue weighted by Crippen LogP contribution is -2.36. The largest absolute Gasteiger partial charge is 0.733 e. The smallest absolute Gasteiger partial charge is 0.288 e. The second-order valence-electron chi connectivity index (χ2n) is 7.43. The number of benzene rings is 3. The van der Waals surface area contributed by atoms with Crippen LogP contribution in [0.1, 0.15) is 11.1 Å². The van der Waals surface area contributed by atoms with Gasteiger partial charge in [-0.3, -0.25) is 10.0 Å². The lowest BCUT2D eigenvalue weighted by molar-refractivity contribution is 0.296. The molecular formula is C25H16N5O5S-. The van der Waals surface area contributed by atoms with Gasteiger partial charge in [0.2, 0.25) is 0 Å². The van der Waals surface area contributed by atoms with Crippen molar-refractivity contribution < 1.29 is 13.6 Å². The number of hydrogen-bond donors (Lipinski definition) is 2. The van der Waals surface area contributed by atoms with Crippen LogP contribution in [0.25, 0.3) is 22.4 Å². The third kappa shape index (κ3) is 4.41. The van der Waals surface area contributed by atoms with Crippen LogP contribution in [0.2, 0.25) is 0 Å². The van der Waals surface area contributed by atoms with E-state index in [0.717, 1.165) is 0 Å². The zero-order valence-electron chi connectivity index (χ0n) is 18.4. The predicted octanol–water partition coefficient (Wildman–Crippen LogP) is 3.55. The number of nitrogens with one attached hydrogen (secondary N) is 1. The Morgan fingerprint density at radius 2 is 1.39 bits per heavy atom. The second-order valence-corrected chi connectivity index (χ2v) is 9.09. The molecular weight excluding hydrogens is 482 g/mol. The summed E-state index contributed by atoms with van der Waals surface area (Å²) in [6.07, 6.45) is 0. The molecule has 0 atom stereocenters. The molecule has 4 aromatic rings. The Morgan fingerprint density at radius 1 is 0.833 bits per heavy atom. The van der Waals surface area contributed by atoms with E-state index in [1.54, 1.807) is 42.5 Å². The Labute approximate surface area is 205 Å². The van der Waals surface area contributed by atoms with Gasteiger partial charge in [0.05, 0.1) is 21.8 Å². The minimum atomic E-state index is -4.28. The standard InChI is InChI=1S/C25H16N5O5S/c26-15-21-23(17-11-13-19(14-12-17)30(32)33)22(16-27)25(31)29(24(21)18-7-3-1-4-8-18)28-36(34,35)20-9-5-2-6-10-20/h1-14,28,32H/q-1. The van der Waals surface area contributed by atoms with Gasteiger partial charge < -0.3 is 10.4 Å². The molecule has 0 unspecified atom stereocenters. The fourth-order valence-electron chi connectivity index (χ4n) is 3.66. The first-order valence-electron chi connectivity index (χ1n) is 10.3. The van der Waals surface area contributed by atoms with Crippen LogP contribution >= 0.6 is 0 Å². The molecule has 0 aliphatic carbocycles. The first kappa shape index (κ1) is 24.2. The monoisotopic (exact) mass is 498 g/mol. The summed E-state index contributed by atoms with van der Waals surface area (Å²) in [5, 5.41) is 40.0. The molecule has 0 bridgehead atoms. The highest BCUT2D eigenvalue weighted by Gasteiger charge is 2.27. The molecule has 1 heterocycles. The van der Waals surface area contributed by atoms with Crippen LogP contribution in [0.3, 0.4) is 0 Å². The molecule has 0 aliphatic rings. The van der Waals surface area contributed by atoms with Gasteiger partial charge in [-0.15, -0.1) is 0 Å². The highest BCUT2D eigenvalue weighted by Crippen LogP contribution is 2.34. The predicted molar refractivity (Wildman–Crippen MR) is 132 cm³/mol. The van der Waals surface area contributed by atoms with Crippen molar-refractivity contribution >= 4 is 15.7 Å². The second kappa shape index (κ2) is 9.74. The molecule has 11 heteroatoms. The molecule has 2 N–H and O–H groups in total. The van der Waals surface area contributed by atoms with E-state index in [-0.39, 0.29) is 38.2 Å². The van der Waals surface area contributed by atoms with Crippen LogP contribution in [0.5, 0.6) is 0 Å². The number of nitriles is 2. The van der Waals surface area contributed by atoms with E-state index in [1.807, 2.05) is 6.07 Å². The maximum atomic E-state index is 13.5. The van der Waals surface area contributed by atoms with Gasteiger partial charge in [-0.1, -0.05) is 60.7 Å². The summed E-state index contributed by atoms with van der Waals surface area (Å²) >= 11 is 0. The summed E-state index contributed by atoms with van der Waals surface area (Å²) in [6.45, 7) is 0. The van der Waals surface area contributed by atoms with Gasteiger partial charge in [0.15, 0.2) is 0 Å². The minimum absolute atomic E-state index is 0.0408. The number of aromatic nitrogens is 1. The first-order chi connectivity index (χ1) is 17.3. The summed E-state index contributed by atoms with van der Waals surface area (Å²) < 4.78 is 26.9. The van der Waals surface area contributed by atoms with Crippen LogP contribution < -0.4 is 15.6 Å². The lowest BCUT2D eigenvalue weighted by Gasteiger charge is -2.22. The summed E-state index contributed by atoms with van der Waals surface area (Å²) in [7, 11) is -4.28. The van der Waals surface area contributed by atoms with Crippen molar-refractivity contribution in [3.05, 3.63) is 112 Å². The molecule has 0 amide bonds. The fourth-order valence-corrected chi connectivity index (χ4v) is 4.70. The molecule has 1 aromatic heterocycles. The van der Waals surface area contributed by atoms with Gasteiger partial charge in [0.25, 0.3) is 15.6 Å². The topological polar surface area (TPSA) is 162 Å². The highest BCUT2D eigenvalue weighted by molar-refractivity contribution is 7.92. The molecule has 36 heavy (non-hydrogen) atoms. The number of rotatable bonds is 6. The van der Waals surface area contributed by atoms with Gasteiger partial charge in [-0.25, -0.2) is 9.51 Å². The van der Waals surface area contributed by atoms with E-state index in [1.165, 1.54) is 48.5 Å². The van der Waals surface area contributed by atoms with E-state index in [4.69, 9.17) is 5.21 Å². The third-order valence-electron chi connectivity index (χ3n) is 5.29. The van der Waals surface area contributed by atoms with Crippen LogP contribution in [0.15, 0.2) is 94.6 Å². The van der Waals surface area contributed by atoms with Gasteiger partial charge in [-0.2, -0.15) is 18.9 Å². The Hall–Kier alpha value is -4.94. The molecule has 0 saturated carbocycles. The molecule has 0 saturated heterocycles. The lowest BCUT2D eigenvalue weighted by atomic mass is 9.93. The average molecular weight is 499 g/mol. The van der Waals surface area contributed by atoms with Crippen molar-refractivity contribution in [3.63, 3.8) is 0 Å². The van der Waals surface area contributed by atoms with E-state index < -0.39 is 21.1 Å². The number of sulfonamides is 1. The van der Waals surface area contributed by atoms with Gasteiger partial charge in [-0.05, 0) is 29.8 Å². The maximum Gasteiger partial charge on any atom is 0.288 e. The van der Waals surface area contributed by atoms with Gasteiger partial charge >= 0.3 is 0 Å². The Morgan fingerprint density at radius 3 is 1.92 bits per heavy atom. The molecule has 0 spiro atoms. The van der Waals surface area contributed by atoms with Crippen LogP contribution in [0, 0.1) is 27.9 Å². The van der Waals surface area contributed by atoms with Gasteiger partial charge in [0, 0.05) is 11.1 Å². The van der Waals surface area contributed by atoms with E-state index in [2.05, 4.69) is 4.83 Å². The molecule has 178 valence electrons. The maximum absolute atomic E-state index is 13.5. The van der Waals surface area contributed by atoms with E-state index >= 15 is 0 Å². The van der Waals surface area contributed by atoms with Crippen molar-refractivity contribution in [2.75, 3.05) is 10.1 Å². The van der Waals surface area contributed by atoms with Gasteiger partial charge in [0.1, 0.15) is 17.7 Å².